The average Bonchev–Trinajstić information content (AvgIpc) is 2.74. The number of benzene rings is 3. The molecule has 1 fully saturated rings. The van der Waals surface area contributed by atoms with E-state index in [1.54, 1.807) is 11.0 Å². The zero-order chi connectivity index (χ0) is 18.6. The zero-order valence-corrected chi connectivity index (χ0v) is 15.2. The summed E-state index contributed by atoms with van der Waals surface area (Å²) in [7, 11) is 0. The van der Waals surface area contributed by atoms with Crippen LogP contribution in [0.1, 0.15) is 29.6 Å². The highest BCUT2D eigenvalue weighted by Gasteiger charge is 2.30. The van der Waals surface area contributed by atoms with Crippen LogP contribution in [-0.2, 0) is 0 Å². The van der Waals surface area contributed by atoms with Crippen molar-refractivity contribution in [2.45, 2.75) is 19.3 Å². The van der Waals surface area contributed by atoms with Crippen molar-refractivity contribution in [3.63, 3.8) is 0 Å². The van der Waals surface area contributed by atoms with Crippen LogP contribution in [0.5, 0.6) is 0 Å². The first-order valence-corrected chi connectivity index (χ1v) is 9.42. The Morgan fingerprint density at radius 3 is 2.19 bits per heavy atom. The second-order valence-corrected chi connectivity index (χ2v) is 6.83. The number of para-hydroxylation sites is 1. The number of piperidine rings is 1. The molecule has 3 aromatic carbocycles. The summed E-state index contributed by atoms with van der Waals surface area (Å²) in [6.45, 7) is 1.40. The Bertz CT molecular complexity index is 957. The predicted molar refractivity (Wildman–Crippen MR) is 108 cm³/mol. The van der Waals surface area contributed by atoms with E-state index < -0.39 is 0 Å². The molecule has 1 heterocycles. The topological polar surface area (TPSA) is 40.6 Å². The molecular formula is C23H22N2O2. The number of nitrogens with zero attached hydrogens (tertiary/aromatic N) is 2. The quantitative estimate of drug-likeness (QED) is 0.640. The van der Waals surface area contributed by atoms with Crippen LogP contribution >= 0.6 is 0 Å². The van der Waals surface area contributed by atoms with Gasteiger partial charge in [-0.1, -0.05) is 54.6 Å². The number of anilines is 1. The van der Waals surface area contributed by atoms with Crippen LogP contribution in [0.15, 0.2) is 72.8 Å². The van der Waals surface area contributed by atoms with Gasteiger partial charge in [-0.05, 0) is 48.2 Å². The monoisotopic (exact) mass is 358 g/mol. The first kappa shape index (κ1) is 17.3. The molecule has 0 spiro atoms. The standard InChI is InChI=1S/C23H22N2O2/c26-22(21-15-9-11-18-10-5-6-14-20(18)21)25(19-12-3-1-4-13-19)23(27)24-16-7-2-8-17-24/h1,3-6,9-15H,2,7-8,16-17H2. The SMILES string of the molecule is O=C(c1cccc2ccccc12)N(C(=O)N1CCCCC1)c1ccccc1. The number of hydrogen-bond acceptors (Lipinski definition) is 2. The van der Waals surface area contributed by atoms with Gasteiger partial charge in [0.2, 0.25) is 0 Å². The molecule has 0 aromatic heterocycles. The summed E-state index contributed by atoms with van der Waals surface area (Å²) in [6.07, 6.45) is 3.10. The molecule has 3 aromatic rings. The first-order valence-electron chi connectivity index (χ1n) is 9.42. The van der Waals surface area contributed by atoms with Gasteiger partial charge in [0.1, 0.15) is 0 Å². The van der Waals surface area contributed by atoms with Gasteiger partial charge in [0, 0.05) is 18.7 Å². The average molecular weight is 358 g/mol. The lowest BCUT2D eigenvalue weighted by atomic mass is 10.0. The molecule has 0 aliphatic carbocycles. The molecule has 1 aliphatic rings. The number of rotatable bonds is 2. The zero-order valence-electron chi connectivity index (χ0n) is 15.2. The number of hydrogen-bond donors (Lipinski definition) is 0. The number of amides is 3. The highest BCUT2D eigenvalue weighted by atomic mass is 16.2. The largest absolute Gasteiger partial charge is 0.331 e. The smallest absolute Gasteiger partial charge is 0.324 e. The molecule has 4 nitrogen and oxygen atoms in total. The van der Waals surface area contributed by atoms with E-state index in [1.165, 1.54) is 4.90 Å². The van der Waals surface area contributed by atoms with Gasteiger partial charge in [-0.2, -0.15) is 0 Å². The lowest BCUT2D eigenvalue weighted by Crippen LogP contribution is -2.48. The van der Waals surface area contributed by atoms with Crippen molar-refractivity contribution in [2.75, 3.05) is 18.0 Å². The van der Waals surface area contributed by atoms with Gasteiger partial charge in [0.05, 0.1) is 5.69 Å². The Morgan fingerprint density at radius 1 is 0.741 bits per heavy atom. The maximum atomic E-state index is 13.5. The van der Waals surface area contributed by atoms with Crippen molar-refractivity contribution < 1.29 is 9.59 Å². The molecule has 1 saturated heterocycles. The molecule has 0 saturated carbocycles. The second-order valence-electron chi connectivity index (χ2n) is 6.83. The van der Waals surface area contributed by atoms with Gasteiger partial charge < -0.3 is 4.90 Å². The lowest BCUT2D eigenvalue weighted by Gasteiger charge is -2.32. The van der Waals surface area contributed by atoms with Crippen LogP contribution in [0, 0.1) is 0 Å². The first-order chi connectivity index (χ1) is 13.3. The van der Waals surface area contributed by atoms with Crippen molar-refractivity contribution >= 4 is 28.4 Å². The molecule has 27 heavy (non-hydrogen) atoms. The molecule has 0 atom stereocenters. The van der Waals surface area contributed by atoms with E-state index in [9.17, 15) is 9.59 Å². The van der Waals surface area contributed by atoms with Crippen LogP contribution in [0.2, 0.25) is 0 Å². The van der Waals surface area contributed by atoms with E-state index in [-0.39, 0.29) is 11.9 Å². The third-order valence-electron chi connectivity index (χ3n) is 5.06. The van der Waals surface area contributed by atoms with E-state index in [4.69, 9.17) is 0 Å². The molecule has 4 rings (SSSR count). The Labute approximate surface area is 159 Å². The minimum absolute atomic E-state index is 0.237. The number of carbonyl (C=O) groups is 2. The van der Waals surface area contributed by atoms with E-state index in [2.05, 4.69) is 0 Å². The number of likely N-dealkylation sites (tertiary alicyclic amines) is 1. The van der Waals surface area contributed by atoms with Crippen molar-refractivity contribution in [3.05, 3.63) is 78.4 Å². The Morgan fingerprint density at radius 2 is 1.41 bits per heavy atom. The van der Waals surface area contributed by atoms with Gasteiger partial charge >= 0.3 is 6.03 Å². The summed E-state index contributed by atoms with van der Waals surface area (Å²) in [5.41, 5.74) is 1.15. The van der Waals surface area contributed by atoms with Crippen LogP contribution in [0.4, 0.5) is 10.5 Å². The van der Waals surface area contributed by atoms with Crippen molar-refractivity contribution in [1.82, 2.24) is 4.90 Å². The minimum Gasteiger partial charge on any atom is -0.324 e. The summed E-state index contributed by atoms with van der Waals surface area (Å²) in [5, 5.41) is 1.85. The Kier molecular flexibility index (Phi) is 4.88. The summed E-state index contributed by atoms with van der Waals surface area (Å²) < 4.78 is 0. The number of carbonyl (C=O) groups excluding carboxylic acids is 2. The number of fused-ring (bicyclic) bond motifs is 1. The fraction of sp³-hybridized carbons (Fsp3) is 0.217. The second kappa shape index (κ2) is 7.62. The maximum absolute atomic E-state index is 13.5. The van der Waals surface area contributed by atoms with Crippen LogP contribution in [0.3, 0.4) is 0 Å². The molecule has 1 aliphatic heterocycles. The summed E-state index contributed by atoms with van der Waals surface area (Å²) in [5.74, 6) is -0.284. The summed E-state index contributed by atoms with van der Waals surface area (Å²) in [4.78, 5) is 29.9. The van der Waals surface area contributed by atoms with Gasteiger partial charge in [0.15, 0.2) is 0 Å². The highest BCUT2D eigenvalue weighted by molar-refractivity contribution is 6.24. The van der Waals surface area contributed by atoms with Crippen molar-refractivity contribution in [1.29, 1.82) is 0 Å². The third kappa shape index (κ3) is 3.43. The van der Waals surface area contributed by atoms with Gasteiger partial charge in [0.25, 0.3) is 5.91 Å². The lowest BCUT2D eigenvalue weighted by molar-refractivity contribution is 0.0985. The van der Waals surface area contributed by atoms with E-state index in [1.807, 2.05) is 66.7 Å². The van der Waals surface area contributed by atoms with Crippen molar-refractivity contribution in [2.24, 2.45) is 0 Å². The molecule has 0 bridgehead atoms. The van der Waals surface area contributed by atoms with Crippen LogP contribution < -0.4 is 4.90 Å². The van der Waals surface area contributed by atoms with Crippen molar-refractivity contribution in [3.8, 4) is 0 Å². The highest BCUT2D eigenvalue weighted by Crippen LogP contribution is 2.25. The van der Waals surface area contributed by atoms with E-state index in [0.717, 1.165) is 30.0 Å². The Balaban J connectivity index is 1.78. The molecule has 0 N–H and O–H groups in total. The molecular weight excluding hydrogens is 336 g/mol. The summed E-state index contributed by atoms with van der Waals surface area (Å²) >= 11 is 0. The number of imide groups is 1. The van der Waals surface area contributed by atoms with Gasteiger partial charge in [-0.3, -0.25) is 4.79 Å². The predicted octanol–water partition coefficient (Wildman–Crippen LogP) is 5.09. The van der Waals surface area contributed by atoms with E-state index in [0.29, 0.717) is 24.3 Å². The molecule has 0 radical (unpaired) electrons. The molecule has 136 valence electrons. The molecule has 0 unspecified atom stereocenters. The number of urea groups is 1. The van der Waals surface area contributed by atoms with Gasteiger partial charge in [-0.25, -0.2) is 9.69 Å². The fourth-order valence-electron chi connectivity index (χ4n) is 3.65. The normalized spacial score (nSPS) is 14.1. The maximum Gasteiger partial charge on any atom is 0.331 e. The molecule has 4 heteroatoms. The Hall–Kier alpha value is -3.14. The fourth-order valence-corrected chi connectivity index (χ4v) is 3.65. The minimum atomic E-state index is -0.284. The van der Waals surface area contributed by atoms with Crippen LogP contribution in [0.25, 0.3) is 10.8 Å². The van der Waals surface area contributed by atoms with Crippen LogP contribution in [-0.4, -0.2) is 29.9 Å². The molecule has 3 amide bonds. The third-order valence-corrected chi connectivity index (χ3v) is 5.06. The van der Waals surface area contributed by atoms with Gasteiger partial charge in [-0.15, -0.1) is 0 Å². The summed E-state index contributed by atoms with van der Waals surface area (Å²) in [6, 6.07) is 22.4. The van der Waals surface area contributed by atoms with E-state index >= 15 is 0 Å².